The molecule has 0 radical (unpaired) electrons. The van der Waals surface area contributed by atoms with Crippen molar-refractivity contribution in [2.75, 3.05) is 14.2 Å². The van der Waals surface area contributed by atoms with Crippen molar-refractivity contribution in [2.24, 2.45) is 4.99 Å². The Morgan fingerprint density at radius 3 is 2.56 bits per heavy atom. The zero-order chi connectivity index (χ0) is 19.6. The highest BCUT2D eigenvalue weighted by molar-refractivity contribution is 7.16. The Morgan fingerprint density at radius 2 is 1.89 bits per heavy atom. The second-order valence-electron chi connectivity index (χ2n) is 6.09. The summed E-state index contributed by atoms with van der Waals surface area (Å²) < 4.78 is 13.5. The van der Waals surface area contributed by atoms with Crippen molar-refractivity contribution in [1.29, 1.82) is 0 Å². The Kier molecular flexibility index (Phi) is 5.33. The lowest BCUT2D eigenvalue weighted by Gasteiger charge is -2.08. The maximum atomic E-state index is 12.8. The summed E-state index contributed by atoms with van der Waals surface area (Å²) in [5.41, 5.74) is 3.35. The molecular formula is C21H20N2O3S. The largest absolute Gasteiger partial charge is 0.493 e. The molecule has 0 saturated carbocycles. The maximum absolute atomic E-state index is 12.8. The quantitative estimate of drug-likeness (QED) is 0.649. The van der Waals surface area contributed by atoms with E-state index in [0.717, 1.165) is 21.3 Å². The number of nitrogens with zero attached hydrogens (tertiary/aromatic N) is 2. The molecule has 0 aliphatic carbocycles. The van der Waals surface area contributed by atoms with Crippen LogP contribution in [-0.4, -0.2) is 24.7 Å². The molecular weight excluding hydrogens is 360 g/mol. The fourth-order valence-corrected chi connectivity index (χ4v) is 3.88. The summed E-state index contributed by atoms with van der Waals surface area (Å²) in [4.78, 5) is 17.7. The van der Waals surface area contributed by atoms with E-state index in [2.05, 4.69) is 10.9 Å². The molecule has 5 nitrogen and oxygen atoms in total. The Morgan fingerprint density at radius 1 is 1.19 bits per heavy atom. The second kappa shape index (κ2) is 7.68. The first-order chi connectivity index (χ1) is 13.0. The highest BCUT2D eigenvalue weighted by atomic mass is 32.1. The van der Waals surface area contributed by atoms with Crippen LogP contribution in [0.25, 0.3) is 10.2 Å². The van der Waals surface area contributed by atoms with Gasteiger partial charge in [0.05, 0.1) is 31.0 Å². The standard InChI is InChI=1S/C21H20N2O3S/c1-6-9-23-16-11-17(25-4)18(26-5)12-19(16)27-21(23)22-20(24)15-10-13(2)7-8-14(15)3/h1,7-8,10-12H,9H2,2-5H3. The summed E-state index contributed by atoms with van der Waals surface area (Å²) in [5, 5.41) is 0. The summed E-state index contributed by atoms with van der Waals surface area (Å²) in [6.45, 7) is 4.15. The SMILES string of the molecule is C#CCn1c(=NC(=O)c2cc(C)ccc2C)sc2cc(OC)c(OC)cc21. The number of aromatic nitrogens is 1. The zero-order valence-corrected chi connectivity index (χ0v) is 16.5. The summed E-state index contributed by atoms with van der Waals surface area (Å²) in [6.07, 6.45) is 5.54. The minimum Gasteiger partial charge on any atom is -0.493 e. The van der Waals surface area contributed by atoms with Crippen molar-refractivity contribution in [3.63, 3.8) is 0 Å². The first kappa shape index (κ1) is 18.7. The normalized spacial score (nSPS) is 11.4. The van der Waals surface area contributed by atoms with Crippen molar-refractivity contribution in [1.82, 2.24) is 4.57 Å². The molecule has 0 aliphatic heterocycles. The van der Waals surface area contributed by atoms with Gasteiger partial charge in [0.25, 0.3) is 5.91 Å². The number of terminal acetylenes is 1. The predicted octanol–water partition coefficient (Wildman–Crippen LogP) is 3.71. The molecule has 0 N–H and O–H groups in total. The maximum Gasteiger partial charge on any atom is 0.279 e. The van der Waals surface area contributed by atoms with Gasteiger partial charge in [0.2, 0.25) is 0 Å². The summed E-state index contributed by atoms with van der Waals surface area (Å²) in [5.74, 6) is 3.56. The van der Waals surface area contributed by atoms with E-state index in [0.29, 0.717) is 28.4 Å². The number of methoxy groups -OCH3 is 2. The molecule has 1 amide bonds. The van der Waals surface area contributed by atoms with E-state index >= 15 is 0 Å². The number of hydrogen-bond donors (Lipinski definition) is 0. The minimum atomic E-state index is -0.285. The molecule has 0 saturated heterocycles. The number of amides is 1. The number of hydrogen-bond acceptors (Lipinski definition) is 4. The van der Waals surface area contributed by atoms with Gasteiger partial charge in [-0.15, -0.1) is 6.42 Å². The van der Waals surface area contributed by atoms with Gasteiger partial charge in [0.15, 0.2) is 16.3 Å². The highest BCUT2D eigenvalue weighted by Crippen LogP contribution is 2.33. The Balaban J connectivity index is 2.22. The molecule has 27 heavy (non-hydrogen) atoms. The average molecular weight is 380 g/mol. The summed E-state index contributed by atoms with van der Waals surface area (Å²) in [7, 11) is 3.17. The van der Waals surface area contributed by atoms with Crippen LogP contribution in [0.5, 0.6) is 11.5 Å². The fourth-order valence-electron chi connectivity index (χ4n) is 2.84. The van der Waals surface area contributed by atoms with Gasteiger partial charge in [-0.1, -0.05) is 35.0 Å². The number of thiazole rings is 1. The third-order valence-corrected chi connectivity index (χ3v) is 5.30. The van der Waals surface area contributed by atoms with Gasteiger partial charge in [0, 0.05) is 17.7 Å². The van der Waals surface area contributed by atoms with E-state index in [1.54, 1.807) is 14.2 Å². The third-order valence-electron chi connectivity index (χ3n) is 4.26. The third kappa shape index (κ3) is 3.60. The monoisotopic (exact) mass is 380 g/mol. The number of rotatable bonds is 4. The van der Waals surface area contributed by atoms with Crippen molar-refractivity contribution >= 4 is 27.5 Å². The number of benzene rings is 2. The smallest absolute Gasteiger partial charge is 0.279 e. The highest BCUT2D eigenvalue weighted by Gasteiger charge is 2.14. The van der Waals surface area contributed by atoms with E-state index in [1.807, 2.05) is 48.7 Å². The van der Waals surface area contributed by atoms with Gasteiger partial charge >= 0.3 is 0 Å². The van der Waals surface area contributed by atoms with Crippen molar-refractivity contribution in [3.05, 3.63) is 51.8 Å². The van der Waals surface area contributed by atoms with E-state index in [-0.39, 0.29) is 5.91 Å². The van der Waals surface area contributed by atoms with Crippen molar-refractivity contribution < 1.29 is 14.3 Å². The van der Waals surface area contributed by atoms with Crippen molar-refractivity contribution in [3.8, 4) is 23.8 Å². The number of carbonyl (C=O) groups is 1. The Hall–Kier alpha value is -3.04. The van der Waals surface area contributed by atoms with Crippen LogP contribution >= 0.6 is 11.3 Å². The Labute approximate surface area is 161 Å². The molecule has 1 heterocycles. The van der Waals surface area contributed by atoms with E-state index in [9.17, 15) is 4.79 Å². The van der Waals surface area contributed by atoms with Crippen LogP contribution in [0.4, 0.5) is 0 Å². The molecule has 0 bridgehead atoms. The zero-order valence-electron chi connectivity index (χ0n) is 15.7. The van der Waals surface area contributed by atoms with Crippen molar-refractivity contribution in [2.45, 2.75) is 20.4 Å². The molecule has 0 fully saturated rings. The second-order valence-corrected chi connectivity index (χ2v) is 7.09. The topological polar surface area (TPSA) is 52.8 Å². The summed E-state index contributed by atoms with van der Waals surface area (Å²) >= 11 is 1.39. The molecule has 2 aromatic carbocycles. The van der Waals surface area contributed by atoms with Gasteiger partial charge in [-0.25, -0.2) is 0 Å². The van der Waals surface area contributed by atoms with Crippen LogP contribution in [0.3, 0.4) is 0 Å². The van der Waals surface area contributed by atoms with Gasteiger partial charge in [-0.2, -0.15) is 4.99 Å². The number of carbonyl (C=O) groups excluding carboxylic acids is 1. The molecule has 1 aromatic heterocycles. The van der Waals surface area contributed by atoms with Gasteiger partial charge < -0.3 is 14.0 Å². The van der Waals surface area contributed by atoms with E-state index < -0.39 is 0 Å². The predicted molar refractivity (Wildman–Crippen MR) is 108 cm³/mol. The lowest BCUT2D eigenvalue weighted by atomic mass is 10.1. The lowest BCUT2D eigenvalue weighted by molar-refractivity contribution is 0.0997. The number of aryl methyl sites for hydroxylation is 2. The minimum absolute atomic E-state index is 0.285. The van der Waals surface area contributed by atoms with Gasteiger partial charge in [0.1, 0.15) is 0 Å². The fraction of sp³-hybridized carbons (Fsp3) is 0.238. The van der Waals surface area contributed by atoms with Gasteiger partial charge in [-0.3, -0.25) is 4.79 Å². The molecule has 0 aliphatic rings. The first-order valence-corrected chi connectivity index (χ1v) is 9.15. The number of ether oxygens (including phenoxy) is 2. The lowest BCUT2D eigenvalue weighted by Crippen LogP contribution is -2.17. The number of fused-ring (bicyclic) bond motifs is 1. The molecule has 6 heteroatoms. The molecule has 0 spiro atoms. The van der Waals surface area contributed by atoms with E-state index in [1.165, 1.54) is 11.3 Å². The summed E-state index contributed by atoms with van der Waals surface area (Å²) in [6, 6.07) is 9.47. The van der Waals surface area contributed by atoms with E-state index in [4.69, 9.17) is 15.9 Å². The molecule has 0 unspecified atom stereocenters. The first-order valence-electron chi connectivity index (χ1n) is 8.33. The molecule has 138 valence electrons. The molecule has 0 atom stereocenters. The molecule has 3 rings (SSSR count). The van der Waals surface area contributed by atoms with Crippen LogP contribution in [-0.2, 0) is 6.54 Å². The van der Waals surface area contributed by atoms with Crippen LogP contribution < -0.4 is 14.3 Å². The Bertz CT molecular complexity index is 1130. The van der Waals surface area contributed by atoms with Crippen LogP contribution in [0.2, 0.25) is 0 Å². The van der Waals surface area contributed by atoms with Crippen LogP contribution in [0, 0.1) is 26.2 Å². The van der Waals surface area contributed by atoms with Gasteiger partial charge in [-0.05, 0) is 25.5 Å². The van der Waals surface area contributed by atoms with Crippen LogP contribution in [0.15, 0.2) is 35.3 Å². The molecule has 3 aromatic rings. The average Bonchev–Trinajstić information content (AvgIpc) is 2.98. The van der Waals surface area contributed by atoms with Crippen LogP contribution in [0.1, 0.15) is 21.5 Å².